The zero-order valence-corrected chi connectivity index (χ0v) is 11.3. The number of nitro groups is 1. The van der Waals surface area contributed by atoms with Crippen LogP contribution in [0.4, 0.5) is 11.5 Å². The van der Waals surface area contributed by atoms with E-state index >= 15 is 0 Å². The van der Waals surface area contributed by atoms with Crippen molar-refractivity contribution in [2.24, 2.45) is 0 Å². The first-order chi connectivity index (χ1) is 10.0. The molecule has 1 aromatic rings. The first kappa shape index (κ1) is 14.7. The first-order valence-corrected chi connectivity index (χ1v) is 6.31. The van der Waals surface area contributed by atoms with Crippen molar-refractivity contribution in [2.45, 2.75) is 18.9 Å². The fourth-order valence-corrected chi connectivity index (χ4v) is 2.00. The summed E-state index contributed by atoms with van der Waals surface area (Å²) in [6.07, 6.45) is 1.29. The summed E-state index contributed by atoms with van der Waals surface area (Å²) in [5.41, 5.74) is -0.372. The van der Waals surface area contributed by atoms with Crippen LogP contribution in [0.15, 0.2) is 12.1 Å². The number of amides is 1. The van der Waals surface area contributed by atoms with E-state index in [-0.39, 0.29) is 23.1 Å². The standard InChI is InChI=1S/C12H14N4O5/c1-21-12(18)8-4-5-9(16(19)20)10(15-8)14-7-3-2-6-13-11(7)17/h4-5,7H,2-3,6H2,1H3,(H,13,17)(H,14,15). The van der Waals surface area contributed by atoms with Crippen LogP contribution in [0.3, 0.4) is 0 Å². The molecule has 1 aliphatic rings. The number of nitrogens with one attached hydrogen (secondary N) is 2. The Bertz CT molecular complexity index is 589. The Labute approximate surface area is 119 Å². The first-order valence-electron chi connectivity index (χ1n) is 6.31. The average molecular weight is 294 g/mol. The fraction of sp³-hybridized carbons (Fsp3) is 0.417. The van der Waals surface area contributed by atoms with Gasteiger partial charge in [-0.15, -0.1) is 0 Å². The van der Waals surface area contributed by atoms with Crippen LogP contribution in [0.1, 0.15) is 23.3 Å². The predicted molar refractivity (Wildman–Crippen MR) is 71.9 cm³/mol. The molecule has 1 aliphatic heterocycles. The predicted octanol–water partition coefficient (Wildman–Crippen LogP) is 0.467. The Morgan fingerprint density at radius 2 is 2.33 bits per heavy atom. The number of anilines is 1. The maximum atomic E-state index is 11.7. The van der Waals surface area contributed by atoms with Gasteiger partial charge in [0.05, 0.1) is 12.0 Å². The SMILES string of the molecule is COC(=O)c1ccc([N+](=O)[O-])c(NC2CCCNC2=O)n1. The third-order valence-electron chi connectivity index (χ3n) is 3.06. The number of ether oxygens (including phenoxy) is 1. The average Bonchev–Trinajstić information content (AvgIpc) is 2.48. The summed E-state index contributed by atoms with van der Waals surface area (Å²) in [4.78, 5) is 37.4. The number of methoxy groups -OCH3 is 1. The highest BCUT2D eigenvalue weighted by molar-refractivity contribution is 5.89. The molecular weight excluding hydrogens is 280 g/mol. The molecule has 9 heteroatoms. The molecule has 0 spiro atoms. The van der Waals surface area contributed by atoms with Gasteiger partial charge in [0.15, 0.2) is 5.69 Å². The highest BCUT2D eigenvalue weighted by Crippen LogP contribution is 2.24. The number of rotatable bonds is 4. The van der Waals surface area contributed by atoms with Gasteiger partial charge < -0.3 is 15.4 Å². The summed E-state index contributed by atoms with van der Waals surface area (Å²) in [6, 6.07) is 1.75. The van der Waals surface area contributed by atoms with E-state index < -0.39 is 16.9 Å². The second-order valence-corrected chi connectivity index (χ2v) is 4.44. The lowest BCUT2D eigenvalue weighted by Crippen LogP contribution is -2.44. The molecule has 2 rings (SSSR count). The second-order valence-electron chi connectivity index (χ2n) is 4.44. The van der Waals surface area contributed by atoms with Crippen LogP contribution in [0.5, 0.6) is 0 Å². The van der Waals surface area contributed by atoms with E-state index in [1.807, 2.05) is 0 Å². The fourth-order valence-electron chi connectivity index (χ4n) is 2.00. The quantitative estimate of drug-likeness (QED) is 0.470. The lowest BCUT2D eigenvalue weighted by Gasteiger charge is -2.23. The normalized spacial score (nSPS) is 17.8. The summed E-state index contributed by atoms with van der Waals surface area (Å²) < 4.78 is 4.52. The molecule has 0 bridgehead atoms. The van der Waals surface area contributed by atoms with E-state index in [9.17, 15) is 19.7 Å². The maximum Gasteiger partial charge on any atom is 0.356 e. The van der Waals surface area contributed by atoms with E-state index in [1.165, 1.54) is 13.2 Å². The Hall–Kier alpha value is -2.71. The maximum absolute atomic E-state index is 11.7. The number of piperidine rings is 1. The Morgan fingerprint density at radius 1 is 1.57 bits per heavy atom. The molecule has 9 nitrogen and oxygen atoms in total. The third-order valence-corrected chi connectivity index (χ3v) is 3.06. The minimum Gasteiger partial charge on any atom is -0.464 e. The molecule has 0 aliphatic carbocycles. The van der Waals surface area contributed by atoms with Crippen molar-refractivity contribution in [3.05, 3.63) is 27.9 Å². The number of carbonyl (C=O) groups is 2. The van der Waals surface area contributed by atoms with Crippen molar-refractivity contribution in [3.8, 4) is 0 Å². The highest BCUT2D eigenvalue weighted by Gasteiger charge is 2.26. The summed E-state index contributed by atoms with van der Waals surface area (Å²) >= 11 is 0. The molecule has 1 atom stereocenters. The lowest BCUT2D eigenvalue weighted by atomic mass is 10.1. The number of aromatic nitrogens is 1. The van der Waals surface area contributed by atoms with E-state index in [0.717, 1.165) is 12.5 Å². The van der Waals surface area contributed by atoms with Crippen molar-refractivity contribution in [1.29, 1.82) is 0 Å². The molecule has 1 amide bonds. The van der Waals surface area contributed by atoms with E-state index in [1.54, 1.807) is 0 Å². The molecule has 21 heavy (non-hydrogen) atoms. The number of pyridine rings is 1. The summed E-state index contributed by atoms with van der Waals surface area (Å²) in [7, 11) is 1.19. The van der Waals surface area contributed by atoms with Crippen molar-refractivity contribution < 1.29 is 19.2 Å². The summed E-state index contributed by atoms with van der Waals surface area (Å²) in [5.74, 6) is -1.08. The van der Waals surface area contributed by atoms with Crippen LogP contribution in [0.25, 0.3) is 0 Å². The zero-order chi connectivity index (χ0) is 15.4. The van der Waals surface area contributed by atoms with Crippen LogP contribution in [-0.2, 0) is 9.53 Å². The molecule has 1 fully saturated rings. The number of nitrogens with zero attached hydrogens (tertiary/aromatic N) is 2. The summed E-state index contributed by atoms with van der Waals surface area (Å²) in [6.45, 7) is 0.578. The van der Waals surface area contributed by atoms with Gasteiger partial charge in [0.2, 0.25) is 11.7 Å². The lowest BCUT2D eigenvalue weighted by molar-refractivity contribution is -0.384. The van der Waals surface area contributed by atoms with Gasteiger partial charge in [-0.1, -0.05) is 0 Å². The van der Waals surface area contributed by atoms with E-state index in [2.05, 4.69) is 20.4 Å². The number of carbonyl (C=O) groups excluding carboxylic acids is 2. The van der Waals surface area contributed by atoms with Crippen LogP contribution < -0.4 is 10.6 Å². The van der Waals surface area contributed by atoms with Gasteiger partial charge >= 0.3 is 11.7 Å². The largest absolute Gasteiger partial charge is 0.464 e. The molecule has 1 aromatic heterocycles. The molecule has 0 aromatic carbocycles. The Morgan fingerprint density at radius 3 is 2.95 bits per heavy atom. The molecule has 0 radical (unpaired) electrons. The van der Waals surface area contributed by atoms with Crippen LogP contribution in [0, 0.1) is 10.1 Å². The number of hydrogen-bond acceptors (Lipinski definition) is 7. The minimum atomic E-state index is -0.707. The van der Waals surface area contributed by atoms with Crippen LogP contribution >= 0.6 is 0 Å². The molecule has 2 N–H and O–H groups in total. The number of hydrogen-bond donors (Lipinski definition) is 2. The van der Waals surface area contributed by atoms with Gasteiger partial charge in [0.1, 0.15) is 6.04 Å². The van der Waals surface area contributed by atoms with Gasteiger partial charge in [0.25, 0.3) is 0 Å². The molecule has 1 unspecified atom stereocenters. The molecule has 0 saturated carbocycles. The van der Waals surface area contributed by atoms with Crippen LogP contribution in [0.2, 0.25) is 0 Å². The van der Waals surface area contributed by atoms with Crippen molar-refractivity contribution in [3.63, 3.8) is 0 Å². The molecule has 2 heterocycles. The highest BCUT2D eigenvalue weighted by atomic mass is 16.6. The summed E-state index contributed by atoms with van der Waals surface area (Å²) in [5, 5.41) is 16.4. The van der Waals surface area contributed by atoms with Gasteiger partial charge in [-0.3, -0.25) is 14.9 Å². The molecule has 112 valence electrons. The van der Waals surface area contributed by atoms with Gasteiger partial charge in [-0.25, -0.2) is 9.78 Å². The van der Waals surface area contributed by atoms with Crippen LogP contribution in [-0.4, -0.2) is 41.5 Å². The Kier molecular flexibility index (Phi) is 4.31. The second kappa shape index (κ2) is 6.16. The van der Waals surface area contributed by atoms with E-state index in [4.69, 9.17) is 0 Å². The van der Waals surface area contributed by atoms with Crippen molar-refractivity contribution in [1.82, 2.24) is 10.3 Å². The van der Waals surface area contributed by atoms with Gasteiger partial charge in [0, 0.05) is 12.6 Å². The van der Waals surface area contributed by atoms with Gasteiger partial charge in [-0.2, -0.15) is 0 Å². The molecule has 1 saturated heterocycles. The smallest absolute Gasteiger partial charge is 0.356 e. The topological polar surface area (TPSA) is 123 Å². The number of esters is 1. The Balaban J connectivity index is 2.31. The zero-order valence-electron chi connectivity index (χ0n) is 11.3. The third kappa shape index (κ3) is 3.25. The minimum absolute atomic E-state index is 0.0678. The van der Waals surface area contributed by atoms with E-state index in [0.29, 0.717) is 13.0 Å². The molecular formula is C12H14N4O5. The van der Waals surface area contributed by atoms with Crippen molar-refractivity contribution >= 4 is 23.4 Å². The van der Waals surface area contributed by atoms with Gasteiger partial charge in [-0.05, 0) is 18.9 Å². The monoisotopic (exact) mass is 294 g/mol. The van der Waals surface area contributed by atoms with Crippen molar-refractivity contribution in [2.75, 3.05) is 19.0 Å².